The number of rotatable bonds is 5. The van der Waals surface area contributed by atoms with Gasteiger partial charge in [-0.05, 0) is 35.9 Å². The topological polar surface area (TPSA) is 85.1 Å². The number of fused-ring (bicyclic) bond motifs is 3. The van der Waals surface area contributed by atoms with E-state index >= 15 is 0 Å². The molecule has 1 N–H and O–H groups in total. The van der Waals surface area contributed by atoms with E-state index < -0.39 is 0 Å². The van der Waals surface area contributed by atoms with Gasteiger partial charge in [0, 0.05) is 30.1 Å². The Morgan fingerprint density at radius 3 is 2.62 bits per heavy atom. The van der Waals surface area contributed by atoms with Gasteiger partial charge in [0.05, 0.1) is 11.0 Å². The predicted molar refractivity (Wildman–Crippen MR) is 110 cm³/mol. The molecule has 0 saturated carbocycles. The lowest BCUT2D eigenvalue weighted by molar-refractivity contribution is 0.103. The highest BCUT2D eigenvalue weighted by molar-refractivity contribution is 6.10. The standard InChI is InChI=1S/C22H16N6O/c29-20(16-4-2-1-3-5-16)17-6-7-18-19(12-17)28-14-25-27-22(28)21(26-18)24-13-15-8-10-23-11-9-15/h1-12,14H,13H2,(H,24,26). The van der Waals surface area contributed by atoms with E-state index in [2.05, 4.69) is 20.5 Å². The van der Waals surface area contributed by atoms with Gasteiger partial charge in [-0.1, -0.05) is 30.3 Å². The highest BCUT2D eigenvalue weighted by Crippen LogP contribution is 2.23. The lowest BCUT2D eigenvalue weighted by Gasteiger charge is -2.10. The average Bonchev–Trinajstić information content (AvgIpc) is 3.28. The molecule has 29 heavy (non-hydrogen) atoms. The lowest BCUT2D eigenvalue weighted by atomic mass is 10.0. The number of hydrogen-bond acceptors (Lipinski definition) is 6. The number of ketones is 1. The Balaban J connectivity index is 1.55. The van der Waals surface area contributed by atoms with Crippen molar-refractivity contribution in [1.82, 2.24) is 24.6 Å². The first-order valence-electron chi connectivity index (χ1n) is 9.15. The molecule has 3 aromatic heterocycles. The minimum Gasteiger partial charge on any atom is -0.363 e. The number of pyridine rings is 1. The number of anilines is 1. The van der Waals surface area contributed by atoms with Crippen molar-refractivity contribution in [2.45, 2.75) is 6.54 Å². The van der Waals surface area contributed by atoms with Crippen LogP contribution in [0.15, 0.2) is 79.4 Å². The van der Waals surface area contributed by atoms with E-state index in [0.717, 1.165) is 16.6 Å². The Hall–Kier alpha value is -4.13. The molecule has 0 aliphatic carbocycles. The molecule has 3 heterocycles. The van der Waals surface area contributed by atoms with Gasteiger partial charge in [0.15, 0.2) is 11.6 Å². The first-order valence-corrected chi connectivity index (χ1v) is 9.15. The highest BCUT2D eigenvalue weighted by Gasteiger charge is 2.14. The Bertz CT molecular complexity index is 1320. The summed E-state index contributed by atoms with van der Waals surface area (Å²) in [4.78, 5) is 21.5. The molecule has 0 atom stereocenters. The minimum atomic E-state index is -0.0337. The van der Waals surface area contributed by atoms with E-state index in [1.54, 1.807) is 24.8 Å². The molecule has 0 amide bonds. The summed E-state index contributed by atoms with van der Waals surface area (Å²) in [7, 11) is 0. The predicted octanol–water partition coefficient (Wildman–Crippen LogP) is 3.52. The van der Waals surface area contributed by atoms with E-state index in [1.807, 2.05) is 59.0 Å². The summed E-state index contributed by atoms with van der Waals surface area (Å²) in [6.07, 6.45) is 5.14. The molecular weight excluding hydrogens is 364 g/mol. The van der Waals surface area contributed by atoms with Gasteiger partial charge in [0.2, 0.25) is 5.65 Å². The van der Waals surface area contributed by atoms with E-state index in [0.29, 0.717) is 29.1 Å². The summed E-state index contributed by atoms with van der Waals surface area (Å²) >= 11 is 0. The number of carbonyl (C=O) groups is 1. The normalized spacial score (nSPS) is 11.0. The third-order valence-corrected chi connectivity index (χ3v) is 4.73. The molecular formula is C22H16N6O. The van der Waals surface area contributed by atoms with Crippen molar-refractivity contribution in [1.29, 1.82) is 0 Å². The SMILES string of the molecule is O=C(c1ccccc1)c1ccc2nc(NCc3ccncc3)c3nncn3c2c1. The van der Waals surface area contributed by atoms with Crippen molar-refractivity contribution in [3.8, 4) is 0 Å². The maximum Gasteiger partial charge on any atom is 0.203 e. The van der Waals surface area contributed by atoms with E-state index in [1.165, 1.54) is 0 Å². The zero-order valence-corrected chi connectivity index (χ0v) is 15.4. The molecule has 0 bridgehead atoms. The van der Waals surface area contributed by atoms with E-state index in [4.69, 9.17) is 4.98 Å². The minimum absolute atomic E-state index is 0.0337. The van der Waals surface area contributed by atoms with Crippen molar-refractivity contribution >= 4 is 28.3 Å². The number of hydrogen-bond donors (Lipinski definition) is 1. The molecule has 7 nitrogen and oxygen atoms in total. The fraction of sp³-hybridized carbons (Fsp3) is 0.0455. The van der Waals surface area contributed by atoms with Gasteiger partial charge >= 0.3 is 0 Å². The van der Waals surface area contributed by atoms with Crippen LogP contribution in [0.5, 0.6) is 0 Å². The van der Waals surface area contributed by atoms with Crippen molar-refractivity contribution in [3.63, 3.8) is 0 Å². The Morgan fingerprint density at radius 2 is 1.79 bits per heavy atom. The first kappa shape index (κ1) is 17.0. The zero-order valence-electron chi connectivity index (χ0n) is 15.4. The van der Waals surface area contributed by atoms with Gasteiger partial charge in [-0.25, -0.2) is 4.98 Å². The molecule has 5 rings (SSSR count). The molecule has 0 aliphatic heterocycles. The van der Waals surface area contributed by atoms with Gasteiger partial charge in [0.25, 0.3) is 0 Å². The Morgan fingerprint density at radius 1 is 0.966 bits per heavy atom. The third-order valence-electron chi connectivity index (χ3n) is 4.73. The fourth-order valence-electron chi connectivity index (χ4n) is 3.26. The third kappa shape index (κ3) is 3.19. The van der Waals surface area contributed by atoms with Gasteiger partial charge in [-0.2, -0.15) is 0 Å². The first-order chi connectivity index (χ1) is 14.3. The van der Waals surface area contributed by atoms with Crippen molar-refractivity contribution in [2.24, 2.45) is 0 Å². The molecule has 0 spiro atoms. The largest absolute Gasteiger partial charge is 0.363 e. The number of carbonyl (C=O) groups excluding carboxylic acids is 1. The van der Waals surface area contributed by atoms with Crippen molar-refractivity contribution in [2.75, 3.05) is 5.32 Å². The van der Waals surface area contributed by atoms with Gasteiger partial charge in [-0.3, -0.25) is 14.2 Å². The van der Waals surface area contributed by atoms with Crippen LogP contribution >= 0.6 is 0 Å². The van der Waals surface area contributed by atoms with Crippen LogP contribution in [0.25, 0.3) is 16.7 Å². The van der Waals surface area contributed by atoms with Crippen LogP contribution in [0.2, 0.25) is 0 Å². The number of benzene rings is 2. The van der Waals surface area contributed by atoms with Gasteiger partial charge in [0.1, 0.15) is 6.33 Å². The molecule has 5 aromatic rings. The average molecular weight is 380 g/mol. The molecule has 0 aliphatic rings. The Kier molecular flexibility index (Phi) is 4.18. The summed E-state index contributed by atoms with van der Waals surface area (Å²) in [6, 6.07) is 18.6. The summed E-state index contributed by atoms with van der Waals surface area (Å²) in [6.45, 7) is 0.591. The van der Waals surface area contributed by atoms with E-state index in [-0.39, 0.29) is 5.78 Å². The molecule has 7 heteroatoms. The second kappa shape index (κ2) is 7.12. The van der Waals surface area contributed by atoms with Crippen LogP contribution in [0.3, 0.4) is 0 Å². The number of nitrogens with zero attached hydrogens (tertiary/aromatic N) is 5. The fourth-order valence-corrected chi connectivity index (χ4v) is 3.26. The van der Waals surface area contributed by atoms with Gasteiger partial charge < -0.3 is 5.32 Å². The highest BCUT2D eigenvalue weighted by atomic mass is 16.1. The number of aromatic nitrogens is 5. The molecule has 0 fully saturated rings. The van der Waals surface area contributed by atoms with Crippen LogP contribution in [0, 0.1) is 0 Å². The molecule has 0 saturated heterocycles. The second-order valence-corrected chi connectivity index (χ2v) is 6.59. The maximum atomic E-state index is 12.8. The molecule has 0 radical (unpaired) electrons. The summed E-state index contributed by atoms with van der Waals surface area (Å²) in [5.41, 5.74) is 4.47. The second-order valence-electron chi connectivity index (χ2n) is 6.59. The summed E-state index contributed by atoms with van der Waals surface area (Å²) < 4.78 is 1.85. The lowest BCUT2D eigenvalue weighted by Crippen LogP contribution is -2.06. The zero-order chi connectivity index (χ0) is 19.6. The quantitative estimate of drug-likeness (QED) is 0.470. The van der Waals surface area contributed by atoms with Crippen LogP contribution in [-0.4, -0.2) is 30.3 Å². The molecule has 0 unspecified atom stereocenters. The summed E-state index contributed by atoms with van der Waals surface area (Å²) in [5.74, 6) is 0.600. The van der Waals surface area contributed by atoms with Gasteiger partial charge in [-0.15, -0.1) is 10.2 Å². The van der Waals surface area contributed by atoms with Crippen LogP contribution in [0.4, 0.5) is 5.82 Å². The van der Waals surface area contributed by atoms with Crippen LogP contribution < -0.4 is 5.32 Å². The Labute approximate surface area is 166 Å². The number of nitrogens with one attached hydrogen (secondary N) is 1. The van der Waals surface area contributed by atoms with Crippen molar-refractivity contribution < 1.29 is 4.79 Å². The molecule has 2 aromatic carbocycles. The smallest absolute Gasteiger partial charge is 0.203 e. The van der Waals surface area contributed by atoms with E-state index in [9.17, 15) is 4.79 Å². The maximum absolute atomic E-state index is 12.8. The van der Waals surface area contributed by atoms with Crippen molar-refractivity contribution in [3.05, 3.63) is 96.1 Å². The van der Waals surface area contributed by atoms with Crippen LogP contribution in [0.1, 0.15) is 21.5 Å². The summed E-state index contributed by atoms with van der Waals surface area (Å²) in [5, 5.41) is 11.6. The van der Waals surface area contributed by atoms with Crippen LogP contribution in [-0.2, 0) is 6.54 Å². The molecule has 140 valence electrons. The monoisotopic (exact) mass is 380 g/mol.